The highest BCUT2D eigenvalue weighted by Crippen LogP contribution is 2.53. The van der Waals surface area contributed by atoms with Crippen molar-refractivity contribution in [3.05, 3.63) is 0 Å². The summed E-state index contributed by atoms with van der Waals surface area (Å²) in [5.41, 5.74) is -0.0136. The van der Waals surface area contributed by atoms with E-state index in [1.54, 1.807) is 0 Å². The molecule has 0 aromatic rings. The molecule has 1 heteroatoms. The van der Waals surface area contributed by atoms with Crippen molar-refractivity contribution in [1.82, 2.24) is 0 Å². The Morgan fingerprint density at radius 2 is 1.33 bits per heavy atom. The molecule has 0 aliphatic heterocycles. The summed E-state index contributed by atoms with van der Waals surface area (Å²) in [5, 5.41) is 11.2. The second-order valence-electron chi connectivity index (χ2n) is 6.89. The molecule has 18 heavy (non-hydrogen) atoms. The Kier molecular flexibility index (Phi) is 5.12. The van der Waals surface area contributed by atoms with Crippen molar-refractivity contribution < 1.29 is 5.11 Å². The molecule has 1 nitrogen and oxygen atoms in total. The summed E-state index contributed by atoms with van der Waals surface area (Å²) >= 11 is 0. The van der Waals surface area contributed by atoms with Gasteiger partial charge in [0.2, 0.25) is 0 Å². The van der Waals surface area contributed by atoms with E-state index in [4.69, 9.17) is 0 Å². The zero-order chi connectivity index (χ0) is 12.9. The highest BCUT2D eigenvalue weighted by Gasteiger charge is 2.49. The van der Waals surface area contributed by atoms with Crippen molar-refractivity contribution >= 4 is 0 Å². The Labute approximate surface area is 113 Å². The first-order valence-electron chi connectivity index (χ1n) is 8.45. The van der Waals surface area contributed by atoms with Crippen LogP contribution in [0.3, 0.4) is 0 Å². The van der Waals surface area contributed by atoms with E-state index < -0.39 is 0 Å². The Hall–Kier alpha value is -0.0400. The van der Waals surface area contributed by atoms with E-state index >= 15 is 0 Å². The van der Waals surface area contributed by atoms with Gasteiger partial charge in [-0.1, -0.05) is 64.7 Å². The second kappa shape index (κ2) is 6.41. The van der Waals surface area contributed by atoms with Crippen LogP contribution in [0.25, 0.3) is 0 Å². The molecule has 0 spiro atoms. The van der Waals surface area contributed by atoms with Crippen LogP contribution in [0.4, 0.5) is 0 Å². The maximum Gasteiger partial charge on any atom is 0.0703 e. The number of unbranched alkanes of at least 4 members (excludes halogenated alkanes) is 2. The van der Waals surface area contributed by atoms with Gasteiger partial charge in [0.05, 0.1) is 5.60 Å². The largest absolute Gasteiger partial charge is 0.389 e. The van der Waals surface area contributed by atoms with Crippen molar-refractivity contribution in [3.63, 3.8) is 0 Å². The van der Waals surface area contributed by atoms with Crippen LogP contribution in [0.2, 0.25) is 0 Å². The third kappa shape index (κ3) is 2.92. The first-order valence-corrected chi connectivity index (χ1v) is 8.45. The van der Waals surface area contributed by atoms with Crippen LogP contribution in [0, 0.1) is 5.41 Å². The van der Waals surface area contributed by atoms with Gasteiger partial charge in [0.15, 0.2) is 0 Å². The van der Waals surface area contributed by atoms with E-state index in [1.807, 2.05) is 0 Å². The van der Waals surface area contributed by atoms with Gasteiger partial charge in [-0.2, -0.15) is 0 Å². The van der Waals surface area contributed by atoms with Gasteiger partial charge in [-0.15, -0.1) is 0 Å². The highest BCUT2D eigenvalue weighted by molar-refractivity contribution is 5.01. The molecule has 2 rings (SSSR count). The zero-order valence-corrected chi connectivity index (χ0v) is 12.3. The maximum atomic E-state index is 11.2. The zero-order valence-electron chi connectivity index (χ0n) is 12.3. The summed E-state index contributed by atoms with van der Waals surface area (Å²) in [7, 11) is 0. The van der Waals surface area contributed by atoms with Crippen molar-refractivity contribution in [3.8, 4) is 0 Å². The highest BCUT2D eigenvalue weighted by atomic mass is 16.3. The fourth-order valence-electron chi connectivity index (χ4n) is 4.56. The van der Waals surface area contributed by atoms with Crippen LogP contribution >= 0.6 is 0 Å². The molecule has 0 aromatic heterocycles. The Bertz CT molecular complexity index is 234. The van der Waals surface area contributed by atoms with Gasteiger partial charge >= 0.3 is 0 Å². The molecule has 0 saturated heterocycles. The topological polar surface area (TPSA) is 20.2 Å². The fourth-order valence-corrected chi connectivity index (χ4v) is 4.56. The molecule has 1 N–H and O–H groups in total. The standard InChI is InChI=1S/C17H32O/c1-2-3-6-11-16(12-7-4-8-13-16)17(18)14-9-5-10-15-17/h18H,2-15H2,1H3. The van der Waals surface area contributed by atoms with Crippen LogP contribution in [0.15, 0.2) is 0 Å². The number of hydrogen-bond acceptors (Lipinski definition) is 1. The van der Waals surface area contributed by atoms with E-state index in [0.29, 0.717) is 5.41 Å². The van der Waals surface area contributed by atoms with Crippen molar-refractivity contribution in [2.45, 2.75) is 102 Å². The molecule has 2 aliphatic carbocycles. The Morgan fingerprint density at radius 1 is 0.778 bits per heavy atom. The molecule has 2 aliphatic rings. The molecule has 0 atom stereocenters. The number of rotatable bonds is 5. The Balaban J connectivity index is 2.06. The van der Waals surface area contributed by atoms with Crippen molar-refractivity contribution in [2.24, 2.45) is 5.41 Å². The molecule has 0 bridgehead atoms. The van der Waals surface area contributed by atoms with Gasteiger partial charge < -0.3 is 5.11 Å². The third-order valence-electron chi connectivity index (χ3n) is 5.74. The third-order valence-corrected chi connectivity index (χ3v) is 5.74. The first-order chi connectivity index (χ1) is 8.72. The summed E-state index contributed by atoms with van der Waals surface area (Å²) in [5.74, 6) is 0. The lowest BCUT2D eigenvalue weighted by molar-refractivity contribution is -0.131. The normalized spacial score (nSPS) is 27.0. The molecule has 0 unspecified atom stereocenters. The lowest BCUT2D eigenvalue weighted by atomic mass is 9.57. The molecule has 0 radical (unpaired) electrons. The van der Waals surface area contributed by atoms with Gasteiger partial charge in [-0.05, 0) is 37.5 Å². The summed E-state index contributed by atoms with van der Waals surface area (Å²) < 4.78 is 0. The van der Waals surface area contributed by atoms with Crippen LogP contribution < -0.4 is 0 Å². The molecular weight excluding hydrogens is 220 g/mol. The van der Waals surface area contributed by atoms with E-state index in [9.17, 15) is 5.11 Å². The van der Waals surface area contributed by atoms with Crippen LogP contribution in [-0.4, -0.2) is 10.7 Å². The van der Waals surface area contributed by atoms with E-state index in [1.165, 1.54) is 77.0 Å². The average Bonchev–Trinajstić information content (AvgIpc) is 2.41. The minimum atomic E-state index is -0.306. The molecule has 2 saturated carbocycles. The first kappa shape index (κ1) is 14.4. The fraction of sp³-hybridized carbons (Fsp3) is 1.00. The number of hydrogen-bond donors (Lipinski definition) is 1. The lowest BCUT2D eigenvalue weighted by Crippen LogP contribution is -2.50. The summed E-state index contributed by atoms with van der Waals surface area (Å²) in [6.07, 6.45) is 18.0. The molecule has 0 heterocycles. The van der Waals surface area contributed by atoms with E-state index in [2.05, 4.69) is 6.92 Å². The summed E-state index contributed by atoms with van der Waals surface area (Å²) in [6, 6.07) is 0. The van der Waals surface area contributed by atoms with Crippen molar-refractivity contribution in [2.75, 3.05) is 0 Å². The molecular formula is C17H32O. The molecule has 0 aromatic carbocycles. The summed E-state index contributed by atoms with van der Waals surface area (Å²) in [6.45, 7) is 2.28. The minimum Gasteiger partial charge on any atom is -0.389 e. The minimum absolute atomic E-state index is 0.292. The van der Waals surface area contributed by atoms with Crippen LogP contribution in [0.1, 0.15) is 96.8 Å². The molecule has 106 valence electrons. The molecule has 2 fully saturated rings. The van der Waals surface area contributed by atoms with Gasteiger partial charge in [0, 0.05) is 0 Å². The van der Waals surface area contributed by atoms with E-state index in [-0.39, 0.29) is 5.60 Å². The lowest BCUT2D eigenvalue weighted by Gasteiger charge is -2.52. The second-order valence-corrected chi connectivity index (χ2v) is 6.89. The smallest absolute Gasteiger partial charge is 0.0703 e. The number of aliphatic hydroxyl groups is 1. The van der Waals surface area contributed by atoms with Crippen LogP contribution in [-0.2, 0) is 0 Å². The predicted octanol–water partition coefficient (Wildman–Crippen LogP) is 5.21. The predicted molar refractivity (Wildman–Crippen MR) is 77.7 cm³/mol. The van der Waals surface area contributed by atoms with Gasteiger partial charge in [-0.3, -0.25) is 0 Å². The van der Waals surface area contributed by atoms with Crippen molar-refractivity contribution in [1.29, 1.82) is 0 Å². The Morgan fingerprint density at radius 3 is 1.89 bits per heavy atom. The molecule has 0 amide bonds. The quantitative estimate of drug-likeness (QED) is 0.666. The van der Waals surface area contributed by atoms with Crippen LogP contribution in [0.5, 0.6) is 0 Å². The summed E-state index contributed by atoms with van der Waals surface area (Å²) in [4.78, 5) is 0. The monoisotopic (exact) mass is 252 g/mol. The van der Waals surface area contributed by atoms with E-state index in [0.717, 1.165) is 12.8 Å². The SMILES string of the molecule is CCCCCC1(C2(O)CCCCC2)CCCCC1. The average molecular weight is 252 g/mol. The maximum absolute atomic E-state index is 11.2. The van der Waals surface area contributed by atoms with Gasteiger partial charge in [-0.25, -0.2) is 0 Å². The van der Waals surface area contributed by atoms with Gasteiger partial charge in [0.1, 0.15) is 0 Å². The van der Waals surface area contributed by atoms with Gasteiger partial charge in [0.25, 0.3) is 0 Å².